The number of benzene rings is 1. The molecule has 2 rings (SSSR count). The van der Waals surface area contributed by atoms with Crippen LogP contribution < -0.4 is 10.6 Å². The van der Waals surface area contributed by atoms with Gasteiger partial charge in [-0.3, -0.25) is 0 Å². The van der Waals surface area contributed by atoms with E-state index < -0.39 is 0 Å². The van der Waals surface area contributed by atoms with Crippen LogP contribution in [0.15, 0.2) is 30.5 Å². The summed E-state index contributed by atoms with van der Waals surface area (Å²) in [4.78, 5) is 1.96. The van der Waals surface area contributed by atoms with Crippen molar-refractivity contribution in [2.24, 2.45) is 7.05 Å². The lowest BCUT2D eigenvalue weighted by molar-refractivity contribution is 0.281. The first-order valence-electron chi connectivity index (χ1n) is 7.07. The SMILES string of the molecule is Cc1cc(N(CCO)CCO)cc(-c2cccn2C)c1N. The highest BCUT2D eigenvalue weighted by Crippen LogP contribution is 2.33. The second-order valence-electron chi connectivity index (χ2n) is 5.16. The molecule has 0 radical (unpaired) electrons. The summed E-state index contributed by atoms with van der Waals surface area (Å²) in [5.74, 6) is 0. The van der Waals surface area contributed by atoms with E-state index in [4.69, 9.17) is 5.73 Å². The molecule has 5 nitrogen and oxygen atoms in total. The molecule has 0 spiro atoms. The molecule has 0 unspecified atom stereocenters. The van der Waals surface area contributed by atoms with Gasteiger partial charge in [-0.25, -0.2) is 0 Å². The minimum Gasteiger partial charge on any atom is -0.398 e. The van der Waals surface area contributed by atoms with E-state index in [0.29, 0.717) is 13.1 Å². The molecule has 1 heterocycles. The van der Waals surface area contributed by atoms with Crippen LogP contribution in [0, 0.1) is 6.92 Å². The second kappa shape index (κ2) is 6.65. The molecule has 114 valence electrons. The molecule has 0 aliphatic heterocycles. The molecule has 4 N–H and O–H groups in total. The van der Waals surface area contributed by atoms with Crippen LogP contribution in [0.5, 0.6) is 0 Å². The Kier molecular flexibility index (Phi) is 4.88. The molecule has 0 fully saturated rings. The quantitative estimate of drug-likeness (QED) is 0.702. The molecule has 0 saturated heterocycles. The van der Waals surface area contributed by atoms with Crippen molar-refractivity contribution in [2.75, 3.05) is 36.9 Å². The number of nitrogens with zero attached hydrogens (tertiary/aromatic N) is 2. The van der Waals surface area contributed by atoms with Crippen LogP contribution >= 0.6 is 0 Å². The molecule has 5 heteroatoms. The van der Waals surface area contributed by atoms with E-state index >= 15 is 0 Å². The largest absolute Gasteiger partial charge is 0.398 e. The second-order valence-corrected chi connectivity index (χ2v) is 5.16. The molecular weight excluding hydrogens is 266 g/mol. The van der Waals surface area contributed by atoms with E-state index in [0.717, 1.165) is 28.2 Å². The summed E-state index contributed by atoms with van der Waals surface area (Å²) in [6.45, 7) is 3.03. The number of aliphatic hydroxyl groups excluding tert-OH is 2. The van der Waals surface area contributed by atoms with E-state index in [-0.39, 0.29) is 13.2 Å². The van der Waals surface area contributed by atoms with Crippen molar-refractivity contribution in [2.45, 2.75) is 6.92 Å². The standard InChI is InChI=1S/C16H23N3O2/c1-12-10-13(19(6-8-20)7-9-21)11-14(16(12)17)15-4-3-5-18(15)2/h3-5,10-11,20-21H,6-9,17H2,1-2H3. The molecular formula is C16H23N3O2. The van der Waals surface area contributed by atoms with Gasteiger partial charge in [-0.05, 0) is 36.8 Å². The van der Waals surface area contributed by atoms with Crippen molar-refractivity contribution in [1.82, 2.24) is 4.57 Å². The Bertz CT molecular complexity index is 602. The third-order valence-electron chi connectivity index (χ3n) is 3.70. The monoisotopic (exact) mass is 289 g/mol. The van der Waals surface area contributed by atoms with Crippen molar-refractivity contribution >= 4 is 11.4 Å². The first-order chi connectivity index (χ1) is 10.1. The highest BCUT2D eigenvalue weighted by atomic mass is 16.3. The van der Waals surface area contributed by atoms with Gasteiger partial charge in [0.25, 0.3) is 0 Å². The number of anilines is 2. The summed E-state index contributed by atoms with van der Waals surface area (Å²) in [5, 5.41) is 18.4. The number of aromatic nitrogens is 1. The van der Waals surface area contributed by atoms with Gasteiger partial charge in [0.15, 0.2) is 0 Å². The Morgan fingerprint density at radius 2 is 1.86 bits per heavy atom. The third-order valence-corrected chi connectivity index (χ3v) is 3.70. The fourth-order valence-corrected chi connectivity index (χ4v) is 2.53. The van der Waals surface area contributed by atoms with E-state index in [1.54, 1.807) is 0 Å². The van der Waals surface area contributed by atoms with Crippen molar-refractivity contribution in [3.63, 3.8) is 0 Å². The zero-order chi connectivity index (χ0) is 15.4. The molecule has 0 atom stereocenters. The lowest BCUT2D eigenvalue weighted by atomic mass is 10.0. The maximum atomic E-state index is 9.19. The van der Waals surface area contributed by atoms with E-state index in [2.05, 4.69) is 0 Å². The topological polar surface area (TPSA) is 74.7 Å². The van der Waals surface area contributed by atoms with Gasteiger partial charge in [-0.15, -0.1) is 0 Å². The van der Waals surface area contributed by atoms with Crippen molar-refractivity contribution in [1.29, 1.82) is 0 Å². The smallest absolute Gasteiger partial charge is 0.0606 e. The molecule has 0 bridgehead atoms. The molecule has 1 aromatic heterocycles. The van der Waals surface area contributed by atoms with Gasteiger partial charge in [0.05, 0.1) is 13.2 Å². The highest BCUT2D eigenvalue weighted by Gasteiger charge is 2.13. The van der Waals surface area contributed by atoms with Crippen LogP contribution in [-0.4, -0.2) is 41.1 Å². The van der Waals surface area contributed by atoms with Crippen LogP contribution in [0.1, 0.15) is 5.56 Å². The average Bonchev–Trinajstić information content (AvgIpc) is 2.87. The lowest BCUT2D eigenvalue weighted by Crippen LogP contribution is -2.29. The Morgan fingerprint density at radius 3 is 2.38 bits per heavy atom. The van der Waals surface area contributed by atoms with Gasteiger partial charge in [-0.2, -0.15) is 0 Å². The summed E-state index contributed by atoms with van der Waals surface area (Å²) < 4.78 is 2.03. The fraction of sp³-hybridized carbons (Fsp3) is 0.375. The van der Waals surface area contributed by atoms with Gasteiger partial charge >= 0.3 is 0 Å². The van der Waals surface area contributed by atoms with E-state index in [9.17, 15) is 10.2 Å². The van der Waals surface area contributed by atoms with Crippen LogP contribution in [0.25, 0.3) is 11.3 Å². The fourth-order valence-electron chi connectivity index (χ4n) is 2.53. The summed E-state index contributed by atoms with van der Waals surface area (Å²) in [6, 6.07) is 8.02. The molecule has 2 aromatic rings. The maximum absolute atomic E-state index is 9.19. The third kappa shape index (κ3) is 3.20. The van der Waals surface area contributed by atoms with Crippen molar-refractivity contribution in [3.05, 3.63) is 36.0 Å². The van der Waals surface area contributed by atoms with Gasteiger partial charge in [0.1, 0.15) is 0 Å². The molecule has 0 aliphatic rings. The van der Waals surface area contributed by atoms with Crippen molar-refractivity contribution in [3.8, 4) is 11.3 Å². The maximum Gasteiger partial charge on any atom is 0.0606 e. The number of aryl methyl sites for hydroxylation is 2. The first-order valence-corrected chi connectivity index (χ1v) is 7.07. The summed E-state index contributed by atoms with van der Waals surface area (Å²) in [6.07, 6.45) is 1.98. The van der Waals surface area contributed by atoms with Crippen LogP contribution in [0.3, 0.4) is 0 Å². The highest BCUT2D eigenvalue weighted by molar-refractivity contribution is 5.81. The minimum absolute atomic E-state index is 0.0446. The van der Waals surface area contributed by atoms with E-state index in [1.165, 1.54) is 0 Å². The van der Waals surface area contributed by atoms with Crippen LogP contribution in [0.2, 0.25) is 0 Å². The predicted octanol–water partition coefficient (Wildman–Crippen LogP) is 1.37. The summed E-state index contributed by atoms with van der Waals surface area (Å²) in [5.41, 5.74) is 11.0. The van der Waals surface area contributed by atoms with E-state index in [1.807, 2.05) is 53.9 Å². The number of nitrogen functional groups attached to an aromatic ring is 1. The van der Waals surface area contributed by atoms with Crippen molar-refractivity contribution < 1.29 is 10.2 Å². The zero-order valence-electron chi connectivity index (χ0n) is 12.6. The van der Waals surface area contributed by atoms with Crippen LogP contribution in [-0.2, 0) is 7.05 Å². The Morgan fingerprint density at radius 1 is 1.19 bits per heavy atom. The normalized spacial score (nSPS) is 10.9. The number of hydrogen-bond donors (Lipinski definition) is 3. The zero-order valence-corrected chi connectivity index (χ0v) is 12.6. The number of rotatable bonds is 6. The molecule has 0 aliphatic carbocycles. The van der Waals surface area contributed by atoms with Crippen LogP contribution in [0.4, 0.5) is 11.4 Å². The Labute approximate surface area is 125 Å². The minimum atomic E-state index is 0.0446. The lowest BCUT2D eigenvalue weighted by Gasteiger charge is -2.25. The van der Waals surface area contributed by atoms with Gasteiger partial charge in [0, 0.05) is 49.0 Å². The van der Waals surface area contributed by atoms with Gasteiger partial charge in [0.2, 0.25) is 0 Å². The molecule has 21 heavy (non-hydrogen) atoms. The number of aliphatic hydroxyl groups is 2. The molecule has 1 aromatic carbocycles. The number of hydrogen-bond acceptors (Lipinski definition) is 4. The Hall–Kier alpha value is -1.98. The number of nitrogens with two attached hydrogens (primary N) is 1. The predicted molar refractivity (Wildman–Crippen MR) is 86.4 cm³/mol. The molecule has 0 amide bonds. The van der Waals surface area contributed by atoms with Gasteiger partial charge < -0.3 is 25.4 Å². The average molecular weight is 289 g/mol. The first kappa shape index (κ1) is 15.4. The summed E-state index contributed by atoms with van der Waals surface area (Å²) >= 11 is 0. The Balaban J connectivity index is 2.50. The molecule has 0 saturated carbocycles. The summed E-state index contributed by atoms with van der Waals surface area (Å²) in [7, 11) is 1.98. The van der Waals surface area contributed by atoms with Gasteiger partial charge in [-0.1, -0.05) is 0 Å².